The Morgan fingerprint density at radius 2 is 0.750 bits per heavy atom. The van der Waals surface area contributed by atoms with Crippen LogP contribution in [0.4, 0.5) is 0 Å². The molecule has 0 spiro atoms. The van der Waals surface area contributed by atoms with Gasteiger partial charge in [-0.15, -0.1) is 0 Å². The van der Waals surface area contributed by atoms with E-state index in [1.165, 1.54) is 0 Å². The summed E-state index contributed by atoms with van der Waals surface area (Å²) < 4.78 is 1.66. The first kappa shape index (κ1) is 61.3. The van der Waals surface area contributed by atoms with Crippen LogP contribution in [0.15, 0.2) is 24.3 Å². The van der Waals surface area contributed by atoms with Gasteiger partial charge in [0.05, 0.1) is 11.1 Å². The molecule has 0 N–H and O–H groups in total. The van der Waals surface area contributed by atoms with Gasteiger partial charge in [-0.25, -0.2) is 4.31 Å². The number of nitrogens with zero attached hydrogens (tertiary/aromatic N) is 6. The first-order valence-corrected chi connectivity index (χ1v) is 17.8. The summed E-state index contributed by atoms with van der Waals surface area (Å²) in [6.45, 7) is 0. The molecule has 0 saturated heterocycles. The van der Waals surface area contributed by atoms with Crippen LogP contribution in [0.1, 0.15) is 20.7 Å². The van der Waals surface area contributed by atoms with E-state index in [2.05, 4.69) is 124 Å². The predicted molar refractivity (Wildman–Crippen MR) is 233 cm³/mol. The van der Waals surface area contributed by atoms with Gasteiger partial charge in [0.15, 0.2) is 0 Å². The Morgan fingerprint density at radius 1 is 0.583 bits per heavy atom. The van der Waals surface area contributed by atoms with E-state index in [9.17, 15) is 9.59 Å². The Morgan fingerprint density at radius 3 is 0.875 bits per heavy atom. The summed E-state index contributed by atoms with van der Waals surface area (Å²) in [4.78, 5) is 32.2. The molecule has 2 rings (SSSR count). The molecular formula is C24H34Cl3FeN6O2S11Zn. The standard InChI is InChI=1S/C9H4Cl3NO2S.5C3H7NS2.Fe.Zn/c10-9(11,12)16-13-7(14)5-3-1-2-4-6(5)8(13)15;5*1-4(2)3(5)6;;/h1-4H;5*1-2H3,(H,5,6);;/q;;;;;;+3;+2/p-5. The number of carbonyl (C=O) groups is 2. The topological polar surface area (TPSA) is 53.6 Å². The molecule has 0 saturated carbocycles. The van der Waals surface area contributed by atoms with E-state index in [0.29, 0.717) is 44.7 Å². The number of alkyl halides is 3. The second-order valence-electron chi connectivity index (χ2n) is 8.79. The largest absolute Gasteiger partial charge is 3.00 e. The van der Waals surface area contributed by atoms with Crippen molar-refractivity contribution in [1.82, 2.24) is 28.8 Å². The number of benzene rings is 1. The van der Waals surface area contributed by atoms with Gasteiger partial charge in [0.1, 0.15) is 0 Å². The first-order valence-electron chi connectivity index (χ1n) is 11.8. The van der Waals surface area contributed by atoms with Crippen molar-refractivity contribution in [2.24, 2.45) is 0 Å². The van der Waals surface area contributed by atoms with Crippen LogP contribution in [0.3, 0.4) is 0 Å². The molecule has 269 valence electrons. The summed E-state index contributed by atoms with van der Waals surface area (Å²) in [5.74, 6) is -0.922. The van der Waals surface area contributed by atoms with E-state index < -0.39 is 14.9 Å². The predicted octanol–water partition coefficient (Wildman–Crippen LogP) is 5.15. The second kappa shape index (κ2) is 32.9. The smallest absolute Gasteiger partial charge is 0.411 e. The molecule has 0 aromatic heterocycles. The van der Waals surface area contributed by atoms with Crippen LogP contribution < -0.4 is 0 Å². The Bertz CT molecular complexity index is 1040. The maximum Gasteiger partial charge on any atom is 3.00 e. The van der Waals surface area contributed by atoms with Crippen LogP contribution in [0.25, 0.3) is 0 Å². The molecule has 1 aliphatic rings. The summed E-state index contributed by atoms with van der Waals surface area (Å²) >= 11 is 62.8. The molecule has 0 aliphatic carbocycles. The fourth-order valence-corrected chi connectivity index (χ4v) is 2.54. The van der Waals surface area contributed by atoms with Gasteiger partial charge in [-0.3, -0.25) is 9.59 Å². The molecule has 0 bridgehead atoms. The molecule has 8 nitrogen and oxygen atoms in total. The van der Waals surface area contributed by atoms with Gasteiger partial charge in [-0.05, 0) is 12.1 Å². The van der Waals surface area contributed by atoms with E-state index in [0.717, 1.165) is 4.31 Å². The van der Waals surface area contributed by atoms with Crippen molar-refractivity contribution in [3.05, 3.63) is 35.4 Å². The average Bonchev–Trinajstić information content (AvgIpc) is 3.14. The van der Waals surface area contributed by atoms with Crippen LogP contribution >= 0.6 is 108 Å². The summed E-state index contributed by atoms with van der Waals surface area (Å²) in [6.07, 6.45) is 0. The normalized spacial score (nSPS) is 9.98. The van der Waals surface area contributed by atoms with Crippen LogP contribution in [0, 0.1) is 0 Å². The molecule has 48 heavy (non-hydrogen) atoms. The maximum atomic E-state index is 11.8. The summed E-state index contributed by atoms with van der Waals surface area (Å²) in [7, 11) is 18.3. The Labute approximate surface area is 383 Å². The summed E-state index contributed by atoms with van der Waals surface area (Å²) in [5, 5.41) is 0. The molecule has 1 aromatic carbocycles. The Kier molecular flexibility index (Phi) is 42.0. The number of amides is 2. The molecule has 0 atom stereocenters. The molecule has 0 fully saturated rings. The second-order valence-corrected chi connectivity index (χ2v) is 18.1. The van der Waals surface area contributed by atoms with E-state index in [4.69, 9.17) is 34.8 Å². The van der Waals surface area contributed by atoms with Gasteiger partial charge in [0, 0.05) is 82.4 Å². The van der Waals surface area contributed by atoms with Crippen LogP contribution in [-0.4, -0.2) is 136 Å². The third-order valence-electron chi connectivity index (χ3n) is 3.78. The number of imide groups is 1. The Hall–Kier alpha value is 1.27. The van der Waals surface area contributed by atoms with E-state index >= 15 is 0 Å². The molecule has 0 unspecified atom stereocenters. The van der Waals surface area contributed by atoms with Gasteiger partial charge in [0.2, 0.25) is 0 Å². The zero-order valence-corrected chi connectivity index (χ0v) is 42.8. The minimum Gasteiger partial charge on any atom is -0.411 e. The average molecular weight is 1020 g/mol. The summed E-state index contributed by atoms with van der Waals surface area (Å²) in [6, 6.07) is 6.48. The van der Waals surface area contributed by atoms with Crippen molar-refractivity contribution < 1.29 is 46.1 Å². The summed E-state index contributed by atoms with van der Waals surface area (Å²) in [5.41, 5.74) is 0.656. The minimum absolute atomic E-state index is 0. The number of hydrogen-bond donors (Lipinski definition) is 0. The molecular weight excluding hydrogens is 985 g/mol. The van der Waals surface area contributed by atoms with Gasteiger partial charge in [-0.2, -0.15) is 0 Å². The van der Waals surface area contributed by atoms with Crippen molar-refractivity contribution >= 4 is 204 Å². The van der Waals surface area contributed by atoms with Gasteiger partial charge in [-0.1, -0.05) is 68.5 Å². The molecule has 1 aromatic rings. The molecule has 24 heteroatoms. The van der Waals surface area contributed by atoms with Gasteiger partial charge >= 0.3 is 36.5 Å². The number of fused-ring (bicyclic) bond motifs is 1. The third kappa shape index (κ3) is 35.7. The van der Waals surface area contributed by atoms with Crippen LogP contribution in [-0.2, 0) is 99.7 Å². The minimum atomic E-state index is -1.74. The molecule has 1 radical (unpaired) electrons. The fraction of sp³-hybridized carbons (Fsp3) is 0.458. The zero-order valence-electron chi connectivity index (χ0n) is 27.5. The number of rotatable bonds is 1. The first-order chi connectivity index (χ1) is 20.6. The van der Waals surface area contributed by atoms with E-state index in [1.807, 2.05) is 70.5 Å². The van der Waals surface area contributed by atoms with Crippen molar-refractivity contribution in [3.8, 4) is 0 Å². The molecule has 1 heterocycles. The maximum absolute atomic E-state index is 11.8. The number of hydrogen-bond acceptors (Lipinski definition) is 13. The Balaban J connectivity index is -0.000000118. The van der Waals surface area contributed by atoms with Crippen molar-refractivity contribution in [2.75, 3.05) is 70.5 Å². The van der Waals surface area contributed by atoms with Gasteiger partial charge in [0.25, 0.3) is 14.9 Å². The van der Waals surface area contributed by atoms with Crippen molar-refractivity contribution in [2.45, 2.75) is 3.12 Å². The number of halogens is 3. The van der Waals surface area contributed by atoms with Crippen molar-refractivity contribution in [3.63, 3.8) is 0 Å². The van der Waals surface area contributed by atoms with E-state index in [-0.39, 0.29) is 36.5 Å². The van der Waals surface area contributed by atoms with E-state index in [1.54, 1.807) is 48.8 Å². The van der Waals surface area contributed by atoms with Gasteiger partial charge < -0.3 is 149 Å². The number of thiocarbonyl (C=S) groups is 5. The molecule has 2 amide bonds. The van der Waals surface area contributed by atoms with Crippen molar-refractivity contribution in [1.29, 1.82) is 0 Å². The number of carbonyl (C=O) groups excluding carboxylic acids is 2. The van der Waals surface area contributed by atoms with Crippen LogP contribution in [0.2, 0.25) is 0 Å². The quantitative estimate of drug-likeness (QED) is 0.0931. The SMILES string of the molecule is CN(C)C(=S)[S-].CN(C)C(=S)[S-].CN(C)C(=S)[S-].CN(C)C(=S)[S-].CN(C)C(=S)[S-].O=C1c2ccccc2C(=O)N1SC(Cl)(Cl)Cl.[Fe+3].[Zn+2]. The monoisotopic (exact) mass is 1010 g/mol. The molecule has 1 aliphatic heterocycles. The zero-order chi connectivity index (χ0) is 37.7. The van der Waals surface area contributed by atoms with Crippen LogP contribution in [0.5, 0.6) is 0 Å². The third-order valence-corrected chi connectivity index (χ3v) is 8.77. The fourth-order valence-electron chi connectivity index (χ4n) is 1.35.